The van der Waals surface area contributed by atoms with Gasteiger partial charge in [-0.1, -0.05) is 37.3 Å². The molecule has 1 unspecified atom stereocenters. The molecule has 1 atom stereocenters. The molecule has 1 aliphatic heterocycles. The number of piperazine rings is 1. The second kappa shape index (κ2) is 7.62. The minimum atomic E-state index is 0.533. The largest absolute Gasteiger partial charge is 0.363 e. The smallest absolute Gasteiger partial charge is 0.227 e. The molecule has 2 aromatic rings. The lowest BCUT2D eigenvalue weighted by molar-refractivity contribution is 0.163. The Morgan fingerprint density at radius 2 is 1.92 bits per heavy atom. The van der Waals surface area contributed by atoms with E-state index in [2.05, 4.69) is 52.0 Å². The van der Waals surface area contributed by atoms with Crippen LogP contribution in [0.25, 0.3) is 0 Å². The molecular formula is C19H27N5. The normalized spacial score (nSPS) is 18.6. The van der Waals surface area contributed by atoms with Crippen LogP contribution in [-0.2, 0) is 6.54 Å². The zero-order valence-corrected chi connectivity index (χ0v) is 14.9. The number of hydrogen-bond acceptors (Lipinski definition) is 5. The fourth-order valence-electron chi connectivity index (χ4n) is 3.23. The van der Waals surface area contributed by atoms with Crippen LogP contribution in [0.3, 0.4) is 0 Å². The summed E-state index contributed by atoms with van der Waals surface area (Å²) in [5.74, 6) is 1.80. The van der Waals surface area contributed by atoms with E-state index in [-0.39, 0.29) is 0 Å². The van der Waals surface area contributed by atoms with Gasteiger partial charge in [-0.2, -0.15) is 4.98 Å². The van der Waals surface area contributed by atoms with Crippen LogP contribution in [0.1, 0.15) is 18.9 Å². The molecular weight excluding hydrogens is 298 g/mol. The van der Waals surface area contributed by atoms with Crippen molar-refractivity contribution in [2.45, 2.75) is 25.9 Å². The zero-order valence-electron chi connectivity index (χ0n) is 14.9. The lowest BCUT2D eigenvalue weighted by Crippen LogP contribution is -2.53. The van der Waals surface area contributed by atoms with Crippen molar-refractivity contribution >= 4 is 11.8 Å². The third-order valence-corrected chi connectivity index (χ3v) is 4.67. The van der Waals surface area contributed by atoms with E-state index < -0.39 is 0 Å². The van der Waals surface area contributed by atoms with Crippen LogP contribution >= 0.6 is 0 Å². The molecule has 0 radical (unpaired) electrons. The van der Waals surface area contributed by atoms with Gasteiger partial charge in [0.25, 0.3) is 0 Å². The Balaban J connectivity index is 1.69. The Labute approximate surface area is 144 Å². The number of anilines is 2. The number of hydrogen-bond donors (Lipinski definition) is 0. The van der Waals surface area contributed by atoms with E-state index in [1.165, 1.54) is 5.56 Å². The molecule has 1 saturated heterocycles. The SMILES string of the molecule is CCC1CN(c2nccc(N(C)C)n2)CCN1Cc1ccccc1. The molecule has 2 heterocycles. The Bertz CT molecular complexity index is 643. The van der Waals surface area contributed by atoms with Crippen LogP contribution in [0, 0.1) is 0 Å². The molecule has 3 rings (SSSR count). The molecule has 0 amide bonds. The summed E-state index contributed by atoms with van der Waals surface area (Å²) in [5.41, 5.74) is 1.38. The molecule has 1 aromatic heterocycles. The highest BCUT2D eigenvalue weighted by atomic mass is 15.3. The van der Waals surface area contributed by atoms with Gasteiger partial charge < -0.3 is 9.80 Å². The van der Waals surface area contributed by atoms with Gasteiger partial charge in [0.05, 0.1) is 0 Å². The van der Waals surface area contributed by atoms with Crippen molar-refractivity contribution in [2.75, 3.05) is 43.5 Å². The fourth-order valence-corrected chi connectivity index (χ4v) is 3.23. The Hall–Kier alpha value is -2.14. The van der Waals surface area contributed by atoms with Gasteiger partial charge in [0.15, 0.2) is 0 Å². The van der Waals surface area contributed by atoms with Crippen molar-refractivity contribution in [3.8, 4) is 0 Å². The van der Waals surface area contributed by atoms with Gasteiger partial charge in [-0.25, -0.2) is 4.98 Å². The van der Waals surface area contributed by atoms with E-state index in [9.17, 15) is 0 Å². The summed E-state index contributed by atoms with van der Waals surface area (Å²) in [6.45, 7) is 6.29. The molecule has 1 aromatic carbocycles. The summed E-state index contributed by atoms with van der Waals surface area (Å²) < 4.78 is 0. The van der Waals surface area contributed by atoms with Gasteiger partial charge in [-0.05, 0) is 18.1 Å². The van der Waals surface area contributed by atoms with Gasteiger partial charge in [0.1, 0.15) is 5.82 Å². The third-order valence-electron chi connectivity index (χ3n) is 4.67. The first-order valence-corrected chi connectivity index (χ1v) is 8.70. The van der Waals surface area contributed by atoms with Crippen molar-refractivity contribution in [1.29, 1.82) is 0 Å². The van der Waals surface area contributed by atoms with Gasteiger partial charge in [0, 0.05) is 52.5 Å². The predicted molar refractivity (Wildman–Crippen MR) is 99.5 cm³/mol. The molecule has 0 spiro atoms. The fraction of sp³-hybridized carbons (Fsp3) is 0.474. The van der Waals surface area contributed by atoms with Crippen LogP contribution in [0.15, 0.2) is 42.6 Å². The summed E-state index contributed by atoms with van der Waals surface area (Å²) >= 11 is 0. The average Bonchev–Trinajstić information content (AvgIpc) is 2.63. The van der Waals surface area contributed by atoms with Crippen molar-refractivity contribution in [1.82, 2.24) is 14.9 Å². The van der Waals surface area contributed by atoms with E-state index >= 15 is 0 Å². The summed E-state index contributed by atoms with van der Waals surface area (Å²) in [6.07, 6.45) is 2.99. The number of benzene rings is 1. The molecule has 24 heavy (non-hydrogen) atoms. The van der Waals surface area contributed by atoms with Crippen molar-refractivity contribution in [2.24, 2.45) is 0 Å². The average molecular weight is 325 g/mol. The van der Waals surface area contributed by atoms with E-state index in [4.69, 9.17) is 4.98 Å². The second-order valence-electron chi connectivity index (χ2n) is 6.57. The quantitative estimate of drug-likeness (QED) is 0.844. The first-order chi connectivity index (χ1) is 11.7. The maximum atomic E-state index is 4.70. The maximum Gasteiger partial charge on any atom is 0.227 e. The highest BCUT2D eigenvalue weighted by Gasteiger charge is 2.27. The minimum absolute atomic E-state index is 0.533. The number of aromatic nitrogens is 2. The molecule has 128 valence electrons. The summed E-state index contributed by atoms with van der Waals surface area (Å²) in [6, 6.07) is 13.2. The molecule has 5 heteroatoms. The first-order valence-electron chi connectivity index (χ1n) is 8.70. The van der Waals surface area contributed by atoms with Gasteiger partial charge >= 0.3 is 0 Å². The van der Waals surface area contributed by atoms with Crippen LogP contribution < -0.4 is 9.80 Å². The predicted octanol–water partition coefficient (Wildman–Crippen LogP) is 2.64. The third kappa shape index (κ3) is 3.85. The lowest BCUT2D eigenvalue weighted by atomic mass is 10.1. The molecule has 1 aliphatic rings. The number of rotatable bonds is 5. The van der Waals surface area contributed by atoms with Crippen molar-refractivity contribution in [3.63, 3.8) is 0 Å². The maximum absolute atomic E-state index is 4.70. The standard InChI is InChI=1S/C19H27N5/c1-4-17-15-24(19-20-11-10-18(21-19)22(2)3)13-12-23(17)14-16-8-6-5-7-9-16/h5-11,17H,4,12-15H2,1-3H3. The first kappa shape index (κ1) is 16.7. The topological polar surface area (TPSA) is 35.5 Å². The van der Waals surface area contributed by atoms with Crippen LogP contribution in [0.2, 0.25) is 0 Å². The van der Waals surface area contributed by atoms with Crippen molar-refractivity contribution in [3.05, 3.63) is 48.2 Å². The molecule has 1 fully saturated rings. The molecule has 0 saturated carbocycles. The second-order valence-corrected chi connectivity index (χ2v) is 6.57. The van der Waals surface area contributed by atoms with Gasteiger partial charge in [0.2, 0.25) is 5.95 Å². The van der Waals surface area contributed by atoms with E-state index in [0.717, 1.165) is 44.4 Å². The molecule has 0 aliphatic carbocycles. The summed E-state index contributed by atoms with van der Waals surface area (Å²) in [4.78, 5) is 16.1. The van der Waals surface area contributed by atoms with Gasteiger partial charge in [-0.15, -0.1) is 0 Å². The van der Waals surface area contributed by atoms with Crippen LogP contribution in [0.5, 0.6) is 0 Å². The van der Waals surface area contributed by atoms with E-state index in [1.807, 2.05) is 31.3 Å². The highest BCUT2D eigenvalue weighted by Crippen LogP contribution is 2.20. The van der Waals surface area contributed by atoms with Crippen LogP contribution in [0.4, 0.5) is 11.8 Å². The summed E-state index contributed by atoms with van der Waals surface area (Å²) in [7, 11) is 4.03. The number of nitrogens with zero attached hydrogens (tertiary/aromatic N) is 5. The Morgan fingerprint density at radius 1 is 1.12 bits per heavy atom. The van der Waals surface area contributed by atoms with Gasteiger partial charge in [-0.3, -0.25) is 4.90 Å². The Morgan fingerprint density at radius 3 is 2.62 bits per heavy atom. The highest BCUT2D eigenvalue weighted by molar-refractivity contribution is 5.42. The van der Waals surface area contributed by atoms with Crippen molar-refractivity contribution < 1.29 is 0 Å². The zero-order chi connectivity index (χ0) is 16.9. The van der Waals surface area contributed by atoms with Crippen LogP contribution in [-0.4, -0.2) is 54.6 Å². The van der Waals surface area contributed by atoms with E-state index in [1.54, 1.807) is 0 Å². The minimum Gasteiger partial charge on any atom is -0.363 e. The Kier molecular flexibility index (Phi) is 5.30. The lowest BCUT2D eigenvalue weighted by Gasteiger charge is -2.41. The molecule has 0 N–H and O–H groups in total. The molecule has 0 bridgehead atoms. The summed E-state index contributed by atoms with van der Waals surface area (Å²) in [5, 5.41) is 0. The monoisotopic (exact) mass is 325 g/mol. The van der Waals surface area contributed by atoms with E-state index in [0.29, 0.717) is 6.04 Å². The molecule has 5 nitrogen and oxygen atoms in total.